The molecule has 6 nitrogen and oxygen atoms in total. The van der Waals surface area contributed by atoms with Crippen molar-refractivity contribution in [1.82, 2.24) is 4.90 Å². The number of rotatable bonds is 4. The van der Waals surface area contributed by atoms with Gasteiger partial charge in [-0.05, 0) is 6.42 Å². The fourth-order valence-electron chi connectivity index (χ4n) is 2.15. The topological polar surface area (TPSA) is 94.9 Å². The third-order valence-corrected chi connectivity index (χ3v) is 2.95. The van der Waals surface area contributed by atoms with Gasteiger partial charge in [0.05, 0.1) is 17.8 Å². The van der Waals surface area contributed by atoms with E-state index in [1.165, 1.54) is 0 Å². The molecule has 2 atom stereocenters. The largest absolute Gasteiger partial charge is 0.481 e. The molecule has 2 aliphatic rings. The van der Waals surface area contributed by atoms with E-state index in [1.54, 1.807) is 0 Å². The first-order chi connectivity index (χ1) is 7.09. The number of carbonyl (C=O) groups excluding carboxylic acids is 2. The molecule has 82 valence electrons. The van der Waals surface area contributed by atoms with E-state index in [0.717, 1.165) is 4.90 Å². The minimum atomic E-state index is -1.08. The van der Waals surface area contributed by atoms with Crippen LogP contribution in [0.2, 0.25) is 0 Å². The van der Waals surface area contributed by atoms with Gasteiger partial charge in [-0.2, -0.15) is 0 Å². The number of hydrogen-bond donors (Lipinski definition) is 2. The maximum Gasteiger partial charge on any atom is 0.308 e. The molecule has 6 heteroatoms. The van der Waals surface area contributed by atoms with Crippen LogP contribution in [0.5, 0.6) is 0 Å². The van der Waals surface area contributed by atoms with Crippen LogP contribution in [0.15, 0.2) is 0 Å². The van der Waals surface area contributed by atoms with Gasteiger partial charge in [0.25, 0.3) is 0 Å². The smallest absolute Gasteiger partial charge is 0.308 e. The lowest BCUT2D eigenvalue weighted by Crippen LogP contribution is -2.36. The Morgan fingerprint density at radius 2 is 1.80 bits per heavy atom. The van der Waals surface area contributed by atoms with Crippen LogP contribution in [0.1, 0.15) is 6.42 Å². The second-order valence-corrected chi connectivity index (χ2v) is 3.82. The molecule has 0 radical (unpaired) electrons. The summed E-state index contributed by atoms with van der Waals surface area (Å²) in [5, 5.41) is 17.3. The molecule has 2 fully saturated rings. The van der Waals surface area contributed by atoms with Gasteiger partial charge in [-0.3, -0.25) is 19.3 Å². The number of aliphatic hydroxyl groups excluding tert-OH is 1. The van der Waals surface area contributed by atoms with Crippen molar-refractivity contribution >= 4 is 17.8 Å². The Hall–Kier alpha value is -1.43. The minimum Gasteiger partial charge on any atom is -0.481 e. The molecule has 1 heterocycles. The molecule has 0 aromatic carbocycles. The van der Waals surface area contributed by atoms with E-state index >= 15 is 0 Å². The minimum absolute atomic E-state index is 0.0885. The molecule has 0 spiro atoms. The van der Waals surface area contributed by atoms with E-state index in [-0.39, 0.29) is 13.2 Å². The highest BCUT2D eigenvalue weighted by atomic mass is 16.4. The van der Waals surface area contributed by atoms with Gasteiger partial charge in [0.2, 0.25) is 11.8 Å². The number of amides is 2. The van der Waals surface area contributed by atoms with Crippen LogP contribution in [0.25, 0.3) is 0 Å². The standard InChI is InChI=1S/C9H11NO5/c11-3-1-2-10-7(12)4-5(8(10)13)6(4)9(14)15/h4-6,11H,1-3H2,(H,14,15). The summed E-state index contributed by atoms with van der Waals surface area (Å²) in [7, 11) is 0. The first kappa shape index (κ1) is 10.1. The predicted molar refractivity (Wildman–Crippen MR) is 46.5 cm³/mol. The number of carboxylic acids is 1. The van der Waals surface area contributed by atoms with Crippen LogP contribution >= 0.6 is 0 Å². The second-order valence-electron chi connectivity index (χ2n) is 3.82. The number of carboxylic acid groups (broad SMARTS) is 1. The SMILES string of the molecule is O=C(O)C1C2C(=O)N(CCCO)C(=O)C12. The number of aliphatic carboxylic acids is 1. The van der Waals surface area contributed by atoms with Gasteiger partial charge in [0.15, 0.2) is 0 Å². The second kappa shape index (κ2) is 3.30. The van der Waals surface area contributed by atoms with E-state index in [9.17, 15) is 14.4 Å². The summed E-state index contributed by atoms with van der Waals surface area (Å²) in [5.74, 6) is -3.97. The number of piperidine rings is 1. The van der Waals surface area contributed by atoms with E-state index < -0.39 is 35.5 Å². The van der Waals surface area contributed by atoms with Crippen molar-refractivity contribution in [2.24, 2.45) is 17.8 Å². The van der Waals surface area contributed by atoms with Crippen LogP contribution in [0, 0.1) is 17.8 Å². The van der Waals surface area contributed by atoms with Gasteiger partial charge in [-0.25, -0.2) is 0 Å². The highest BCUT2D eigenvalue weighted by Gasteiger charge is 2.70. The van der Waals surface area contributed by atoms with Crippen LogP contribution in [0.4, 0.5) is 0 Å². The lowest BCUT2D eigenvalue weighted by molar-refractivity contribution is -0.148. The Kier molecular flexibility index (Phi) is 2.22. The molecular formula is C9H11NO5. The third kappa shape index (κ3) is 1.32. The maximum absolute atomic E-state index is 11.5. The molecule has 1 saturated heterocycles. The number of hydrogen-bond acceptors (Lipinski definition) is 4. The van der Waals surface area contributed by atoms with Crippen molar-refractivity contribution in [3.63, 3.8) is 0 Å². The Morgan fingerprint density at radius 1 is 1.27 bits per heavy atom. The average molecular weight is 213 g/mol. The Bertz CT molecular complexity index is 317. The summed E-state index contributed by atoms with van der Waals surface area (Å²) in [5.41, 5.74) is 0. The maximum atomic E-state index is 11.5. The summed E-state index contributed by atoms with van der Waals surface area (Å²) < 4.78 is 0. The molecule has 0 aromatic heterocycles. The number of nitrogens with zero attached hydrogens (tertiary/aromatic N) is 1. The number of imide groups is 1. The Labute approximate surface area is 85.5 Å². The van der Waals surface area contributed by atoms with Crippen LogP contribution in [-0.2, 0) is 14.4 Å². The summed E-state index contributed by atoms with van der Waals surface area (Å²) in [4.78, 5) is 34.8. The zero-order valence-electron chi connectivity index (χ0n) is 7.92. The molecule has 15 heavy (non-hydrogen) atoms. The normalized spacial score (nSPS) is 33.1. The number of carbonyl (C=O) groups is 3. The van der Waals surface area contributed by atoms with Crippen LogP contribution in [-0.4, -0.2) is 46.0 Å². The highest BCUT2D eigenvalue weighted by molar-refractivity contribution is 6.13. The van der Waals surface area contributed by atoms with Crippen molar-refractivity contribution in [3.05, 3.63) is 0 Å². The van der Waals surface area contributed by atoms with Gasteiger partial charge >= 0.3 is 5.97 Å². The fourth-order valence-corrected chi connectivity index (χ4v) is 2.15. The lowest BCUT2D eigenvalue weighted by atomic mass is 10.2. The van der Waals surface area contributed by atoms with Crippen molar-refractivity contribution in [2.45, 2.75) is 6.42 Å². The van der Waals surface area contributed by atoms with E-state index in [1.807, 2.05) is 0 Å². The van der Waals surface area contributed by atoms with Crippen LogP contribution < -0.4 is 0 Å². The lowest BCUT2D eigenvalue weighted by Gasteiger charge is -2.16. The Balaban J connectivity index is 2.04. The first-order valence-corrected chi connectivity index (χ1v) is 4.78. The zero-order chi connectivity index (χ0) is 11.2. The van der Waals surface area contributed by atoms with Gasteiger partial charge < -0.3 is 10.2 Å². The number of fused-ring (bicyclic) bond motifs is 1. The fraction of sp³-hybridized carbons (Fsp3) is 0.667. The van der Waals surface area contributed by atoms with Gasteiger partial charge in [0.1, 0.15) is 0 Å². The van der Waals surface area contributed by atoms with Crippen LogP contribution in [0.3, 0.4) is 0 Å². The van der Waals surface area contributed by atoms with Crippen molar-refractivity contribution < 1.29 is 24.6 Å². The Morgan fingerprint density at radius 3 is 2.20 bits per heavy atom. The molecule has 2 unspecified atom stereocenters. The molecule has 0 bridgehead atoms. The van der Waals surface area contributed by atoms with Gasteiger partial charge in [0, 0.05) is 13.2 Å². The van der Waals surface area contributed by atoms with Crippen molar-refractivity contribution in [1.29, 1.82) is 0 Å². The molecule has 1 aliphatic carbocycles. The van der Waals surface area contributed by atoms with E-state index in [0.29, 0.717) is 6.42 Å². The average Bonchev–Trinajstić information content (AvgIpc) is 2.86. The highest BCUT2D eigenvalue weighted by Crippen LogP contribution is 2.53. The molecular weight excluding hydrogens is 202 g/mol. The van der Waals surface area contributed by atoms with Gasteiger partial charge in [-0.1, -0.05) is 0 Å². The van der Waals surface area contributed by atoms with Crippen molar-refractivity contribution in [3.8, 4) is 0 Å². The number of aliphatic hydroxyl groups is 1. The number of likely N-dealkylation sites (tertiary alicyclic amines) is 1. The molecule has 2 amide bonds. The van der Waals surface area contributed by atoms with Crippen molar-refractivity contribution in [2.75, 3.05) is 13.2 Å². The van der Waals surface area contributed by atoms with E-state index in [4.69, 9.17) is 10.2 Å². The molecule has 2 rings (SSSR count). The monoisotopic (exact) mass is 213 g/mol. The summed E-state index contributed by atoms with van der Waals surface area (Å²) in [6.45, 7) is 0.0995. The zero-order valence-corrected chi connectivity index (χ0v) is 7.92. The molecule has 1 saturated carbocycles. The quantitative estimate of drug-likeness (QED) is 0.565. The molecule has 0 aromatic rings. The van der Waals surface area contributed by atoms with Gasteiger partial charge in [-0.15, -0.1) is 0 Å². The molecule has 1 aliphatic heterocycles. The summed E-state index contributed by atoms with van der Waals surface area (Å²) >= 11 is 0. The third-order valence-electron chi connectivity index (χ3n) is 2.95. The molecule has 2 N–H and O–H groups in total. The first-order valence-electron chi connectivity index (χ1n) is 4.78. The van der Waals surface area contributed by atoms with E-state index in [2.05, 4.69) is 0 Å². The summed E-state index contributed by atoms with van der Waals surface area (Å²) in [6, 6.07) is 0. The predicted octanol–water partition coefficient (Wildman–Crippen LogP) is -1.32. The summed E-state index contributed by atoms with van der Waals surface area (Å²) in [6.07, 6.45) is 0.342.